The van der Waals surface area contributed by atoms with Crippen LogP contribution < -0.4 is 0 Å². The molecule has 0 N–H and O–H groups in total. The summed E-state index contributed by atoms with van der Waals surface area (Å²) in [7, 11) is -3.75. The van der Waals surface area contributed by atoms with E-state index in [9.17, 15) is 17.6 Å². The van der Waals surface area contributed by atoms with Gasteiger partial charge in [-0.15, -0.1) is 0 Å². The highest BCUT2D eigenvalue weighted by atomic mass is 32.2. The third-order valence-corrected chi connectivity index (χ3v) is 9.35. The molecule has 1 aliphatic carbocycles. The summed E-state index contributed by atoms with van der Waals surface area (Å²) < 4.78 is 48.0. The Morgan fingerprint density at radius 1 is 1.24 bits per heavy atom. The van der Waals surface area contributed by atoms with E-state index in [1.807, 2.05) is 13.1 Å². The molecule has 2 heterocycles. The summed E-state index contributed by atoms with van der Waals surface area (Å²) in [5.41, 5.74) is 1.09. The normalized spacial score (nSPS) is 28.6. The largest absolute Gasteiger partial charge is 0.466 e. The maximum Gasteiger partial charge on any atom is 0.309 e. The van der Waals surface area contributed by atoms with Gasteiger partial charge in [0.05, 0.1) is 23.1 Å². The van der Waals surface area contributed by atoms with Crippen LogP contribution in [-0.2, 0) is 25.0 Å². The van der Waals surface area contributed by atoms with Crippen molar-refractivity contribution in [3.05, 3.63) is 59.4 Å². The first-order valence-electron chi connectivity index (χ1n) is 11.3. The molecule has 3 atom stereocenters. The molecule has 1 saturated heterocycles. The van der Waals surface area contributed by atoms with Gasteiger partial charge in [-0.1, -0.05) is 23.8 Å². The van der Waals surface area contributed by atoms with Crippen molar-refractivity contribution in [3.8, 4) is 0 Å². The fourth-order valence-corrected chi connectivity index (χ4v) is 7.29. The summed E-state index contributed by atoms with van der Waals surface area (Å²) >= 11 is 0. The van der Waals surface area contributed by atoms with Gasteiger partial charge in [-0.2, -0.15) is 4.31 Å². The molecule has 2 aromatic carbocycles. The molecule has 33 heavy (non-hydrogen) atoms. The van der Waals surface area contributed by atoms with Crippen LogP contribution in [0.25, 0.3) is 0 Å². The van der Waals surface area contributed by atoms with Crippen molar-refractivity contribution in [2.75, 3.05) is 19.7 Å². The third-order valence-electron chi connectivity index (χ3n) is 7.50. The molecule has 174 valence electrons. The van der Waals surface area contributed by atoms with Gasteiger partial charge in [-0.3, -0.25) is 9.79 Å². The molecule has 1 saturated carbocycles. The molecule has 3 aliphatic rings. The zero-order valence-electron chi connectivity index (χ0n) is 18.8. The van der Waals surface area contributed by atoms with Gasteiger partial charge < -0.3 is 4.74 Å². The lowest BCUT2D eigenvalue weighted by Crippen LogP contribution is -2.45. The van der Waals surface area contributed by atoms with Crippen LogP contribution in [0.1, 0.15) is 37.3 Å². The monoisotopic (exact) mass is 470 g/mol. The second-order valence-corrected chi connectivity index (χ2v) is 11.2. The fraction of sp³-hybridized carbons (Fsp3) is 0.440. The van der Waals surface area contributed by atoms with E-state index < -0.39 is 26.8 Å². The van der Waals surface area contributed by atoms with Crippen LogP contribution in [0, 0.1) is 24.1 Å². The predicted octanol–water partition coefficient (Wildman–Crippen LogP) is 4.14. The number of sulfonamides is 1. The molecule has 2 aliphatic heterocycles. The first-order chi connectivity index (χ1) is 15.7. The van der Waals surface area contributed by atoms with E-state index in [0.29, 0.717) is 31.5 Å². The second-order valence-electron chi connectivity index (χ2n) is 9.31. The van der Waals surface area contributed by atoms with E-state index in [0.717, 1.165) is 11.1 Å². The summed E-state index contributed by atoms with van der Waals surface area (Å²) in [5.74, 6) is -1.11. The molecule has 5 rings (SSSR count). The van der Waals surface area contributed by atoms with Gasteiger partial charge >= 0.3 is 5.97 Å². The molecule has 0 unspecified atom stereocenters. The maximum absolute atomic E-state index is 13.9. The number of aliphatic imine (C=N–C) groups is 1. The minimum Gasteiger partial charge on any atom is -0.466 e. The highest BCUT2D eigenvalue weighted by molar-refractivity contribution is 7.89. The summed E-state index contributed by atoms with van der Waals surface area (Å²) in [6, 6.07) is 11.4. The Hall–Kier alpha value is -2.58. The standard InChI is InChI=1S/C25H27FN2O4S/c1-3-32-23(29)21-14-25(21)16-28(33(30,31)19-8-5-17(2)6-9-19)12-4-11-24(25)15-27-22-13-18(26)7-10-20(22)24/h5-10,13,15,21H,3-4,11-12,14,16H2,1-2H3/t21-,24+,25-/m1/s1. The molecular formula is C25H27FN2O4S. The van der Waals surface area contributed by atoms with Crippen molar-refractivity contribution < 1.29 is 22.3 Å². The van der Waals surface area contributed by atoms with Crippen molar-refractivity contribution in [1.82, 2.24) is 4.31 Å². The lowest BCUT2D eigenvalue weighted by atomic mass is 9.66. The molecule has 0 bridgehead atoms. The summed E-state index contributed by atoms with van der Waals surface area (Å²) in [4.78, 5) is 17.6. The van der Waals surface area contributed by atoms with Crippen LogP contribution >= 0.6 is 0 Å². The minimum atomic E-state index is -3.75. The van der Waals surface area contributed by atoms with E-state index >= 15 is 0 Å². The van der Waals surface area contributed by atoms with E-state index in [2.05, 4.69) is 4.99 Å². The Morgan fingerprint density at radius 2 is 2.00 bits per heavy atom. The molecule has 2 spiro atoms. The van der Waals surface area contributed by atoms with Gasteiger partial charge in [-0.05, 0) is 62.9 Å². The molecule has 6 nitrogen and oxygen atoms in total. The van der Waals surface area contributed by atoms with E-state index in [1.165, 1.54) is 16.4 Å². The molecular weight excluding hydrogens is 443 g/mol. The Bertz CT molecular complexity index is 1240. The second kappa shape index (κ2) is 7.74. The molecule has 0 radical (unpaired) electrons. The average Bonchev–Trinajstić information content (AvgIpc) is 3.45. The first kappa shape index (κ1) is 22.2. The molecule has 0 amide bonds. The van der Waals surface area contributed by atoms with Crippen LogP contribution in [0.5, 0.6) is 0 Å². The number of carbonyl (C=O) groups is 1. The number of halogens is 1. The van der Waals surface area contributed by atoms with Gasteiger partial charge in [0, 0.05) is 30.1 Å². The van der Waals surface area contributed by atoms with Gasteiger partial charge in [0.1, 0.15) is 5.82 Å². The van der Waals surface area contributed by atoms with Gasteiger partial charge in [0.2, 0.25) is 10.0 Å². The Balaban J connectivity index is 1.59. The van der Waals surface area contributed by atoms with Crippen molar-refractivity contribution >= 4 is 27.9 Å². The minimum absolute atomic E-state index is 0.190. The number of carbonyl (C=O) groups excluding carboxylic acids is 1. The lowest BCUT2D eigenvalue weighted by molar-refractivity contribution is -0.146. The van der Waals surface area contributed by atoms with Crippen molar-refractivity contribution in [1.29, 1.82) is 0 Å². The molecule has 8 heteroatoms. The van der Waals surface area contributed by atoms with Crippen LogP contribution in [0.4, 0.5) is 10.1 Å². The summed E-state index contributed by atoms with van der Waals surface area (Å²) in [6.45, 7) is 4.48. The number of fused-ring (bicyclic) bond motifs is 3. The van der Waals surface area contributed by atoms with Gasteiger partial charge in [0.25, 0.3) is 0 Å². The van der Waals surface area contributed by atoms with Crippen LogP contribution in [0.2, 0.25) is 0 Å². The first-order valence-corrected chi connectivity index (χ1v) is 12.8. The highest BCUT2D eigenvalue weighted by Crippen LogP contribution is 2.68. The number of benzene rings is 2. The van der Waals surface area contributed by atoms with Crippen LogP contribution in [-0.4, -0.2) is 44.6 Å². The van der Waals surface area contributed by atoms with Crippen LogP contribution in [0.3, 0.4) is 0 Å². The topological polar surface area (TPSA) is 76.0 Å². The lowest BCUT2D eigenvalue weighted by Gasteiger charge is -2.37. The zero-order chi connectivity index (χ0) is 23.4. The molecule has 2 aromatic rings. The van der Waals surface area contributed by atoms with Crippen molar-refractivity contribution in [3.63, 3.8) is 0 Å². The van der Waals surface area contributed by atoms with Crippen molar-refractivity contribution in [2.24, 2.45) is 16.3 Å². The Morgan fingerprint density at radius 3 is 2.73 bits per heavy atom. The van der Waals surface area contributed by atoms with Crippen LogP contribution in [0.15, 0.2) is 52.4 Å². The molecule has 2 fully saturated rings. The maximum atomic E-state index is 13.9. The third kappa shape index (κ3) is 3.34. The van der Waals surface area contributed by atoms with Gasteiger partial charge in [0.15, 0.2) is 0 Å². The number of ether oxygens (including phenoxy) is 1. The number of nitrogens with zero attached hydrogens (tertiary/aromatic N) is 2. The highest BCUT2D eigenvalue weighted by Gasteiger charge is 2.72. The number of hydrogen-bond acceptors (Lipinski definition) is 5. The number of rotatable bonds is 4. The smallest absolute Gasteiger partial charge is 0.309 e. The van der Waals surface area contributed by atoms with E-state index in [-0.39, 0.29) is 29.8 Å². The summed E-state index contributed by atoms with van der Waals surface area (Å²) in [5, 5.41) is 0. The zero-order valence-corrected chi connectivity index (χ0v) is 19.6. The number of esters is 1. The van der Waals surface area contributed by atoms with E-state index in [4.69, 9.17) is 4.74 Å². The van der Waals surface area contributed by atoms with Crippen molar-refractivity contribution in [2.45, 2.75) is 43.4 Å². The van der Waals surface area contributed by atoms with Gasteiger partial charge in [-0.25, -0.2) is 12.8 Å². The fourth-order valence-electron chi connectivity index (χ4n) is 5.74. The number of aryl methyl sites for hydroxylation is 1. The summed E-state index contributed by atoms with van der Waals surface area (Å²) in [6.07, 6.45) is 3.57. The number of hydrogen-bond donors (Lipinski definition) is 0. The average molecular weight is 471 g/mol. The Kier molecular flexibility index (Phi) is 5.21. The predicted molar refractivity (Wildman–Crippen MR) is 123 cm³/mol. The SMILES string of the molecule is CCOC(=O)[C@H]1C[C@@]12CN(S(=O)(=O)c1ccc(C)cc1)CCC[C@@]21C=Nc2cc(F)ccc21. The Labute approximate surface area is 193 Å². The quantitative estimate of drug-likeness (QED) is 0.630. The van der Waals surface area contributed by atoms with E-state index in [1.54, 1.807) is 37.3 Å². The molecule has 0 aromatic heterocycles.